The summed E-state index contributed by atoms with van der Waals surface area (Å²) < 4.78 is 5.30. The second kappa shape index (κ2) is 7.62. The van der Waals surface area contributed by atoms with Gasteiger partial charge < -0.3 is 10.1 Å². The number of hydrogen-bond acceptors (Lipinski definition) is 4. The summed E-state index contributed by atoms with van der Waals surface area (Å²) in [5, 5.41) is 6.18. The standard InChI is InChI=1S/C13H18N2O2S.ClH/c1-9(10-5-3-4-6-12(10)17-2)15-13(16)11-7-18-8-14-11;/h3-6,9,11,14H,7-8H2,1-2H3,(H,15,16);1H. The third-order valence-electron chi connectivity index (χ3n) is 3.00. The third kappa shape index (κ3) is 4.03. The van der Waals surface area contributed by atoms with E-state index in [-0.39, 0.29) is 30.4 Å². The fourth-order valence-corrected chi connectivity index (χ4v) is 2.92. The molecule has 1 aromatic carbocycles. The molecule has 19 heavy (non-hydrogen) atoms. The van der Waals surface area contributed by atoms with Crippen molar-refractivity contribution in [1.82, 2.24) is 10.6 Å². The molecule has 1 aromatic rings. The van der Waals surface area contributed by atoms with Gasteiger partial charge in [-0.3, -0.25) is 10.1 Å². The summed E-state index contributed by atoms with van der Waals surface area (Å²) in [6.45, 7) is 1.97. The molecule has 1 fully saturated rings. The maximum absolute atomic E-state index is 12.0. The van der Waals surface area contributed by atoms with Crippen molar-refractivity contribution in [1.29, 1.82) is 0 Å². The molecule has 2 atom stereocenters. The normalized spacial score (nSPS) is 19.4. The van der Waals surface area contributed by atoms with Crippen molar-refractivity contribution in [2.45, 2.75) is 19.0 Å². The van der Waals surface area contributed by atoms with Crippen LogP contribution in [0.2, 0.25) is 0 Å². The Morgan fingerprint density at radius 1 is 1.53 bits per heavy atom. The highest BCUT2D eigenvalue weighted by molar-refractivity contribution is 7.99. The number of amides is 1. The van der Waals surface area contributed by atoms with Gasteiger partial charge in [0.25, 0.3) is 0 Å². The Hall–Kier alpha value is -0.910. The highest BCUT2D eigenvalue weighted by Crippen LogP contribution is 2.24. The summed E-state index contributed by atoms with van der Waals surface area (Å²) >= 11 is 1.74. The first kappa shape index (κ1) is 16.1. The number of ether oxygens (including phenoxy) is 1. The lowest BCUT2D eigenvalue weighted by Gasteiger charge is -2.19. The van der Waals surface area contributed by atoms with Gasteiger partial charge >= 0.3 is 0 Å². The van der Waals surface area contributed by atoms with Crippen molar-refractivity contribution in [2.24, 2.45) is 0 Å². The number of carbonyl (C=O) groups excluding carboxylic acids is 1. The van der Waals surface area contributed by atoms with E-state index >= 15 is 0 Å². The number of nitrogens with one attached hydrogen (secondary N) is 2. The Balaban J connectivity index is 0.00000180. The van der Waals surface area contributed by atoms with Crippen LogP contribution in [0.25, 0.3) is 0 Å². The van der Waals surface area contributed by atoms with Gasteiger partial charge in [-0.05, 0) is 13.0 Å². The predicted molar refractivity (Wildman–Crippen MR) is 81.0 cm³/mol. The van der Waals surface area contributed by atoms with Gasteiger partial charge in [0.15, 0.2) is 0 Å². The van der Waals surface area contributed by atoms with Crippen molar-refractivity contribution in [3.05, 3.63) is 29.8 Å². The minimum atomic E-state index is -0.0767. The van der Waals surface area contributed by atoms with E-state index in [9.17, 15) is 4.79 Å². The van der Waals surface area contributed by atoms with Crippen LogP contribution in [0.15, 0.2) is 24.3 Å². The molecular weight excluding hydrogens is 284 g/mol. The van der Waals surface area contributed by atoms with E-state index in [1.165, 1.54) is 0 Å². The highest BCUT2D eigenvalue weighted by Gasteiger charge is 2.24. The summed E-state index contributed by atoms with van der Waals surface area (Å²) in [5.74, 6) is 2.54. The van der Waals surface area contributed by atoms with Gasteiger partial charge in [0.1, 0.15) is 5.75 Å². The number of rotatable bonds is 4. The molecule has 0 aliphatic carbocycles. The SMILES string of the molecule is COc1ccccc1C(C)NC(=O)C1CSCN1.Cl. The van der Waals surface area contributed by atoms with Crippen molar-refractivity contribution in [3.63, 3.8) is 0 Å². The average Bonchev–Trinajstić information content (AvgIpc) is 2.92. The molecule has 1 heterocycles. The number of methoxy groups -OCH3 is 1. The number of para-hydroxylation sites is 1. The molecule has 1 amide bonds. The van der Waals surface area contributed by atoms with Gasteiger partial charge in [0, 0.05) is 17.2 Å². The summed E-state index contributed by atoms with van der Waals surface area (Å²) in [6, 6.07) is 7.62. The quantitative estimate of drug-likeness (QED) is 0.893. The minimum Gasteiger partial charge on any atom is -0.496 e. The molecule has 1 aliphatic rings. The number of benzene rings is 1. The van der Waals surface area contributed by atoms with Crippen LogP contribution in [0.4, 0.5) is 0 Å². The Bertz CT molecular complexity index is 425. The van der Waals surface area contributed by atoms with Crippen LogP contribution in [0.5, 0.6) is 5.75 Å². The van der Waals surface area contributed by atoms with Gasteiger partial charge in [-0.2, -0.15) is 0 Å². The topological polar surface area (TPSA) is 50.4 Å². The molecule has 0 saturated carbocycles. The van der Waals surface area contributed by atoms with E-state index in [2.05, 4.69) is 10.6 Å². The van der Waals surface area contributed by atoms with Crippen LogP contribution in [0.1, 0.15) is 18.5 Å². The van der Waals surface area contributed by atoms with E-state index < -0.39 is 0 Å². The summed E-state index contributed by atoms with van der Waals surface area (Å²) in [5.41, 5.74) is 0.999. The van der Waals surface area contributed by atoms with Crippen LogP contribution in [-0.4, -0.2) is 30.7 Å². The van der Waals surface area contributed by atoms with Crippen molar-refractivity contribution >= 4 is 30.1 Å². The van der Waals surface area contributed by atoms with Crippen LogP contribution in [-0.2, 0) is 4.79 Å². The van der Waals surface area contributed by atoms with Crippen LogP contribution < -0.4 is 15.4 Å². The fraction of sp³-hybridized carbons (Fsp3) is 0.462. The lowest BCUT2D eigenvalue weighted by atomic mass is 10.1. The molecule has 4 nitrogen and oxygen atoms in total. The molecule has 0 aromatic heterocycles. The van der Waals surface area contributed by atoms with E-state index in [4.69, 9.17) is 4.74 Å². The molecular formula is C13H19ClN2O2S. The third-order valence-corrected chi connectivity index (χ3v) is 3.94. The maximum Gasteiger partial charge on any atom is 0.238 e. The molecule has 106 valence electrons. The number of hydrogen-bond donors (Lipinski definition) is 2. The molecule has 2 rings (SSSR count). The summed E-state index contributed by atoms with van der Waals surface area (Å²) in [4.78, 5) is 12.0. The van der Waals surface area contributed by atoms with Crippen LogP contribution in [0, 0.1) is 0 Å². The number of carbonyl (C=O) groups is 1. The first-order valence-electron chi connectivity index (χ1n) is 5.97. The molecule has 1 aliphatic heterocycles. The Kier molecular flexibility index (Phi) is 6.48. The van der Waals surface area contributed by atoms with Crippen molar-refractivity contribution < 1.29 is 9.53 Å². The molecule has 0 spiro atoms. The largest absolute Gasteiger partial charge is 0.496 e. The van der Waals surface area contributed by atoms with Crippen molar-refractivity contribution in [3.8, 4) is 5.75 Å². The van der Waals surface area contributed by atoms with Crippen LogP contribution >= 0.6 is 24.2 Å². The monoisotopic (exact) mass is 302 g/mol. The first-order chi connectivity index (χ1) is 8.72. The van der Waals surface area contributed by atoms with E-state index in [0.717, 1.165) is 22.9 Å². The highest BCUT2D eigenvalue weighted by atomic mass is 35.5. The predicted octanol–water partition coefficient (Wildman–Crippen LogP) is 1.96. The second-order valence-electron chi connectivity index (χ2n) is 4.24. The lowest BCUT2D eigenvalue weighted by Crippen LogP contribution is -2.42. The van der Waals surface area contributed by atoms with Gasteiger partial charge in [-0.1, -0.05) is 18.2 Å². The average molecular weight is 303 g/mol. The molecule has 2 N–H and O–H groups in total. The number of thioether (sulfide) groups is 1. The molecule has 2 unspecified atom stereocenters. The molecule has 1 saturated heterocycles. The molecule has 0 bridgehead atoms. The summed E-state index contributed by atoms with van der Waals surface area (Å²) in [6.07, 6.45) is 0. The van der Waals surface area contributed by atoms with Gasteiger partial charge in [0.2, 0.25) is 5.91 Å². The van der Waals surface area contributed by atoms with E-state index in [1.54, 1.807) is 18.9 Å². The number of halogens is 1. The Labute approximate surface area is 124 Å². The zero-order valence-corrected chi connectivity index (χ0v) is 12.6. The maximum atomic E-state index is 12.0. The van der Waals surface area contributed by atoms with Gasteiger partial charge in [0.05, 0.1) is 19.2 Å². The van der Waals surface area contributed by atoms with E-state index in [1.807, 2.05) is 31.2 Å². The van der Waals surface area contributed by atoms with Gasteiger partial charge in [-0.15, -0.1) is 24.2 Å². The zero-order chi connectivity index (χ0) is 13.0. The molecule has 0 radical (unpaired) electrons. The Morgan fingerprint density at radius 2 is 2.26 bits per heavy atom. The van der Waals surface area contributed by atoms with Crippen LogP contribution in [0.3, 0.4) is 0 Å². The molecule has 6 heteroatoms. The zero-order valence-electron chi connectivity index (χ0n) is 11.0. The second-order valence-corrected chi connectivity index (χ2v) is 5.27. The van der Waals surface area contributed by atoms with Gasteiger partial charge in [-0.25, -0.2) is 0 Å². The van der Waals surface area contributed by atoms with Crippen molar-refractivity contribution in [2.75, 3.05) is 18.7 Å². The smallest absolute Gasteiger partial charge is 0.238 e. The summed E-state index contributed by atoms with van der Waals surface area (Å²) in [7, 11) is 1.64. The fourth-order valence-electron chi connectivity index (χ4n) is 1.98. The minimum absolute atomic E-state index is 0. The Morgan fingerprint density at radius 3 is 2.89 bits per heavy atom. The first-order valence-corrected chi connectivity index (χ1v) is 7.12. The van der Waals surface area contributed by atoms with E-state index in [0.29, 0.717) is 0 Å². The lowest BCUT2D eigenvalue weighted by molar-refractivity contribution is -0.123.